The Kier molecular flexibility index (Phi) is 3.33. The van der Waals surface area contributed by atoms with E-state index in [0.29, 0.717) is 5.13 Å². The topological polar surface area (TPSA) is 68.0 Å². The summed E-state index contributed by atoms with van der Waals surface area (Å²) in [5.74, 6) is -0.266. The third kappa shape index (κ3) is 2.67. The maximum atomic E-state index is 11.8. The van der Waals surface area contributed by atoms with E-state index in [-0.39, 0.29) is 11.0 Å². The zero-order valence-electron chi connectivity index (χ0n) is 9.29. The van der Waals surface area contributed by atoms with Crippen molar-refractivity contribution in [1.29, 1.82) is 0 Å². The Morgan fingerprint density at radius 1 is 1.32 bits per heavy atom. The van der Waals surface area contributed by atoms with Gasteiger partial charge >= 0.3 is 0 Å². The van der Waals surface area contributed by atoms with Crippen LogP contribution in [0.15, 0.2) is 33.4 Å². The first-order valence-corrected chi connectivity index (χ1v) is 7.29. The Balaban J connectivity index is 1.76. The van der Waals surface area contributed by atoms with Crippen molar-refractivity contribution in [3.05, 3.63) is 39.9 Å². The zero-order valence-corrected chi connectivity index (χ0v) is 11.7. The van der Waals surface area contributed by atoms with Gasteiger partial charge in [0.1, 0.15) is 5.01 Å². The molecule has 8 heteroatoms. The molecular weight excluding hydrogens is 306 g/mol. The van der Waals surface area contributed by atoms with Crippen molar-refractivity contribution in [1.82, 2.24) is 10.2 Å². The summed E-state index contributed by atoms with van der Waals surface area (Å²) < 4.78 is 5.01. The molecule has 0 unspecified atom stereocenters. The minimum Gasteiger partial charge on any atom is -0.440 e. The van der Waals surface area contributed by atoms with Gasteiger partial charge in [-0.25, -0.2) is 0 Å². The molecule has 0 saturated heterocycles. The van der Waals surface area contributed by atoms with Crippen LogP contribution in [-0.2, 0) is 0 Å². The van der Waals surface area contributed by atoms with Gasteiger partial charge in [0.2, 0.25) is 5.13 Å². The fourth-order valence-electron chi connectivity index (χ4n) is 1.37. The normalized spacial score (nSPS) is 10.6. The first-order chi connectivity index (χ1) is 9.22. The average molecular weight is 312 g/mol. The van der Waals surface area contributed by atoms with E-state index in [1.165, 1.54) is 23.5 Å². The van der Waals surface area contributed by atoms with Gasteiger partial charge in [-0.3, -0.25) is 10.1 Å². The van der Waals surface area contributed by atoms with Crippen LogP contribution in [0.25, 0.3) is 10.6 Å². The van der Waals surface area contributed by atoms with Crippen LogP contribution in [0.4, 0.5) is 5.13 Å². The van der Waals surface area contributed by atoms with E-state index >= 15 is 0 Å². The summed E-state index contributed by atoms with van der Waals surface area (Å²) in [4.78, 5) is 11.8. The highest BCUT2D eigenvalue weighted by molar-refractivity contribution is 7.19. The Morgan fingerprint density at radius 2 is 2.21 bits per heavy atom. The molecule has 0 aromatic carbocycles. The second-order valence-corrected chi connectivity index (χ2v) is 5.61. The lowest BCUT2D eigenvalue weighted by atomic mass is 10.4. The zero-order chi connectivity index (χ0) is 13.2. The molecule has 1 N–H and O–H groups in total. The van der Waals surface area contributed by atoms with Crippen LogP contribution < -0.4 is 5.32 Å². The van der Waals surface area contributed by atoms with Crippen LogP contribution in [0.1, 0.15) is 10.6 Å². The lowest BCUT2D eigenvalue weighted by molar-refractivity contribution is 0.0996. The third-order valence-electron chi connectivity index (χ3n) is 2.21. The highest BCUT2D eigenvalue weighted by Crippen LogP contribution is 2.28. The maximum absolute atomic E-state index is 11.8. The summed E-state index contributed by atoms with van der Waals surface area (Å²) >= 11 is 8.49. The standard InChI is InChI=1S/C11H6ClN3O2S2/c12-8-2-1-7(17-8)9(16)13-11-15-14-10(19-11)6-3-4-18-5-6/h1-5H,(H,13,15,16). The van der Waals surface area contributed by atoms with Gasteiger partial charge in [0, 0.05) is 10.9 Å². The molecule has 19 heavy (non-hydrogen) atoms. The number of carbonyl (C=O) groups excluding carboxylic acids is 1. The molecule has 5 nitrogen and oxygen atoms in total. The second kappa shape index (κ2) is 5.12. The summed E-state index contributed by atoms with van der Waals surface area (Å²) in [6.07, 6.45) is 0. The second-order valence-electron chi connectivity index (χ2n) is 3.48. The van der Waals surface area contributed by atoms with Gasteiger partial charge in [0.05, 0.1) is 0 Å². The number of nitrogens with one attached hydrogen (secondary N) is 1. The summed E-state index contributed by atoms with van der Waals surface area (Å²) in [5.41, 5.74) is 0.990. The number of hydrogen-bond acceptors (Lipinski definition) is 6. The van der Waals surface area contributed by atoms with Gasteiger partial charge in [-0.1, -0.05) is 11.3 Å². The first-order valence-electron chi connectivity index (χ1n) is 5.15. The number of anilines is 1. The molecule has 3 heterocycles. The Bertz CT molecular complexity index is 705. The van der Waals surface area contributed by atoms with Crippen LogP contribution in [0.3, 0.4) is 0 Å². The molecule has 3 aromatic heterocycles. The van der Waals surface area contributed by atoms with E-state index < -0.39 is 5.91 Å². The molecule has 0 aliphatic heterocycles. The van der Waals surface area contributed by atoms with Crippen molar-refractivity contribution >= 4 is 45.3 Å². The fourth-order valence-corrected chi connectivity index (χ4v) is 2.97. The molecule has 0 spiro atoms. The molecule has 1 amide bonds. The fraction of sp³-hybridized carbons (Fsp3) is 0. The number of furan rings is 1. The smallest absolute Gasteiger partial charge is 0.293 e. The lowest BCUT2D eigenvalue weighted by Gasteiger charge is -1.95. The van der Waals surface area contributed by atoms with Gasteiger partial charge < -0.3 is 4.42 Å². The van der Waals surface area contributed by atoms with E-state index in [9.17, 15) is 4.79 Å². The minimum atomic E-state index is -0.403. The average Bonchev–Trinajstić information content (AvgIpc) is 3.07. The molecule has 0 saturated carbocycles. The quantitative estimate of drug-likeness (QED) is 0.799. The number of nitrogens with zero attached hydrogens (tertiary/aromatic N) is 2. The number of halogens is 1. The van der Waals surface area contributed by atoms with Crippen LogP contribution >= 0.6 is 34.3 Å². The van der Waals surface area contributed by atoms with Gasteiger partial charge in [-0.15, -0.1) is 10.2 Å². The van der Waals surface area contributed by atoms with Gasteiger partial charge in [-0.2, -0.15) is 11.3 Å². The van der Waals surface area contributed by atoms with Crippen LogP contribution in [0.5, 0.6) is 0 Å². The molecule has 0 radical (unpaired) electrons. The Morgan fingerprint density at radius 3 is 2.89 bits per heavy atom. The molecule has 3 rings (SSSR count). The van der Waals surface area contributed by atoms with Crippen molar-refractivity contribution in [3.8, 4) is 10.6 Å². The van der Waals surface area contributed by atoms with E-state index in [4.69, 9.17) is 16.0 Å². The molecule has 0 bridgehead atoms. The Hall–Kier alpha value is -1.70. The van der Waals surface area contributed by atoms with Crippen molar-refractivity contribution < 1.29 is 9.21 Å². The molecule has 0 aliphatic carbocycles. The van der Waals surface area contributed by atoms with Gasteiger partial charge in [0.25, 0.3) is 5.91 Å². The summed E-state index contributed by atoms with van der Waals surface area (Å²) in [6, 6.07) is 4.95. The van der Waals surface area contributed by atoms with Gasteiger partial charge in [0.15, 0.2) is 11.0 Å². The summed E-state index contributed by atoms with van der Waals surface area (Å²) in [7, 11) is 0. The lowest BCUT2D eigenvalue weighted by Crippen LogP contribution is -2.10. The van der Waals surface area contributed by atoms with Crippen molar-refractivity contribution in [2.75, 3.05) is 5.32 Å². The molecular formula is C11H6ClN3O2S2. The summed E-state index contributed by atoms with van der Waals surface area (Å²) in [6.45, 7) is 0. The SMILES string of the molecule is O=C(Nc1nnc(-c2ccsc2)s1)c1ccc(Cl)o1. The predicted molar refractivity (Wildman–Crippen MR) is 74.9 cm³/mol. The molecule has 0 aliphatic rings. The van der Waals surface area contributed by atoms with Crippen molar-refractivity contribution in [2.24, 2.45) is 0 Å². The number of hydrogen-bond donors (Lipinski definition) is 1. The van der Waals surface area contributed by atoms with Crippen LogP contribution in [0, 0.1) is 0 Å². The van der Waals surface area contributed by atoms with Gasteiger partial charge in [-0.05, 0) is 35.2 Å². The van der Waals surface area contributed by atoms with Crippen molar-refractivity contribution in [3.63, 3.8) is 0 Å². The molecule has 96 valence electrons. The Labute approximate surface area is 120 Å². The van der Waals surface area contributed by atoms with Crippen LogP contribution in [0.2, 0.25) is 5.22 Å². The number of rotatable bonds is 3. The van der Waals surface area contributed by atoms with E-state index in [1.54, 1.807) is 11.3 Å². The highest BCUT2D eigenvalue weighted by atomic mass is 35.5. The minimum absolute atomic E-state index is 0.136. The van der Waals surface area contributed by atoms with Crippen LogP contribution in [-0.4, -0.2) is 16.1 Å². The maximum Gasteiger partial charge on any atom is 0.293 e. The third-order valence-corrected chi connectivity index (χ3v) is 3.98. The monoisotopic (exact) mass is 311 g/mol. The van der Waals surface area contributed by atoms with E-state index in [2.05, 4.69) is 15.5 Å². The number of carbonyl (C=O) groups is 1. The first kappa shape index (κ1) is 12.3. The largest absolute Gasteiger partial charge is 0.440 e. The number of amides is 1. The number of aromatic nitrogens is 2. The van der Waals surface area contributed by atoms with E-state index in [1.807, 2.05) is 16.8 Å². The molecule has 0 atom stereocenters. The summed E-state index contributed by atoms with van der Waals surface area (Å²) in [5, 5.41) is 15.8. The highest BCUT2D eigenvalue weighted by Gasteiger charge is 2.14. The number of thiophene rings is 1. The van der Waals surface area contributed by atoms with Crippen molar-refractivity contribution in [2.45, 2.75) is 0 Å². The molecule has 0 fully saturated rings. The van der Waals surface area contributed by atoms with E-state index in [0.717, 1.165) is 10.6 Å². The predicted octanol–water partition coefficient (Wildman–Crippen LogP) is 3.77. The molecule has 3 aromatic rings.